The Labute approximate surface area is 221 Å². The molecule has 0 N–H and O–H groups in total. The summed E-state index contributed by atoms with van der Waals surface area (Å²) in [7, 11) is -4.79. The van der Waals surface area contributed by atoms with Crippen LogP contribution in [0.1, 0.15) is 0 Å². The fourth-order valence-electron chi connectivity index (χ4n) is 5.80. The maximum absolute atomic E-state index is 8.63. The Balaban J connectivity index is 1.70. The molecule has 0 amide bonds. The van der Waals surface area contributed by atoms with Crippen LogP contribution in [-0.2, 0) is 0 Å². The van der Waals surface area contributed by atoms with Crippen molar-refractivity contribution in [2.75, 3.05) is 0 Å². The Bertz CT molecular complexity index is 1840. The van der Waals surface area contributed by atoms with E-state index in [-0.39, 0.29) is 0 Å². The summed E-state index contributed by atoms with van der Waals surface area (Å²) < 4.78 is 8.47. The minimum absolute atomic E-state index is 0.754. The molecule has 0 spiro atoms. The van der Waals surface area contributed by atoms with Crippen molar-refractivity contribution in [3.05, 3.63) is 122 Å². The van der Waals surface area contributed by atoms with Crippen LogP contribution >= 0.6 is 11.1 Å². The maximum atomic E-state index is 8.63. The number of aromatic nitrogens is 8. The number of fused-ring (bicyclic) bond motifs is 4. The van der Waals surface area contributed by atoms with Crippen molar-refractivity contribution >= 4 is 62.5 Å². The Morgan fingerprint density at radius 3 is 0.947 bits per heavy atom. The van der Waals surface area contributed by atoms with Crippen LogP contribution in [0.15, 0.2) is 122 Å². The first kappa shape index (κ1) is 21.4. The van der Waals surface area contributed by atoms with E-state index in [9.17, 15) is 0 Å². The van der Waals surface area contributed by atoms with Gasteiger partial charge in [0.2, 0.25) is 0 Å². The zero-order valence-corrected chi connectivity index (χ0v) is 21.8. The van der Waals surface area contributed by atoms with E-state index >= 15 is 0 Å². The monoisotopic (exact) mass is 531 g/mol. The van der Waals surface area contributed by atoms with Gasteiger partial charge in [-0.15, -0.1) is 0 Å². The Kier molecular flexibility index (Phi) is 4.16. The summed E-state index contributed by atoms with van der Waals surface area (Å²) in [6, 6.07) is 24.1. The second-order valence-electron chi connectivity index (χ2n) is 9.35. The molecule has 0 aliphatic heterocycles. The Morgan fingerprint density at radius 1 is 0.421 bits per heavy atom. The molecule has 0 saturated carbocycles. The standard InChI is InChI=1S/C28H20ClN8Si/c29-38(34-17-9-21-5-1-13-30-25(21)34,35-18-10-22-6-2-14-31-26(22)35,36-19-11-23-7-3-15-32-27(23)36)37-20-12-24-8-4-16-33-28(24)37/h1-20H/q-1. The van der Waals surface area contributed by atoms with Gasteiger partial charge in [-0.05, 0) is 0 Å². The molecule has 8 rings (SSSR count). The number of hydrogen-bond acceptors (Lipinski definition) is 4. The zero-order chi connectivity index (χ0) is 25.3. The van der Waals surface area contributed by atoms with Gasteiger partial charge in [-0.1, -0.05) is 0 Å². The zero-order valence-electron chi connectivity index (χ0n) is 20.0. The molecule has 8 heterocycles. The molecule has 0 saturated heterocycles. The van der Waals surface area contributed by atoms with Crippen LogP contribution in [0.4, 0.5) is 0 Å². The van der Waals surface area contributed by atoms with Crippen LogP contribution in [0.5, 0.6) is 0 Å². The van der Waals surface area contributed by atoms with E-state index in [1.54, 1.807) is 24.8 Å². The van der Waals surface area contributed by atoms with Crippen molar-refractivity contribution in [3.8, 4) is 0 Å². The third kappa shape index (κ3) is 2.49. The van der Waals surface area contributed by atoms with Crippen molar-refractivity contribution in [3.63, 3.8) is 0 Å². The van der Waals surface area contributed by atoms with E-state index < -0.39 is 7.31 Å². The number of halogens is 1. The third-order valence-electron chi connectivity index (χ3n) is 7.45. The fraction of sp³-hybridized carbons (Fsp3) is 0. The summed E-state index contributed by atoms with van der Waals surface area (Å²) in [6.45, 7) is 0. The van der Waals surface area contributed by atoms with Gasteiger partial charge in [0, 0.05) is 0 Å². The van der Waals surface area contributed by atoms with Gasteiger partial charge in [0.1, 0.15) is 0 Å². The first-order valence-electron chi connectivity index (χ1n) is 12.2. The summed E-state index contributed by atoms with van der Waals surface area (Å²) in [6.07, 6.45) is 15.3. The molecular formula is C28H20ClN8Si-. The van der Waals surface area contributed by atoms with E-state index in [2.05, 4.69) is 41.2 Å². The van der Waals surface area contributed by atoms with Gasteiger partial charge in [0.25, 0.3) is 0 Å². The molecule has 0 aliphatic rings. The van der Waals surface area contributed by atoms with Gasteiger partial charge in [0.15, 0.2) is 0 Å². The third-order valence-corrected chi connectivity index (χ3v) is 14.4. The number of nitrogens with zero attached hydrogens (tertiary/aromatic N) is 8. The predicted octanol–water partition coefficient (Wildman–Crippen LogP) is 5.70. The molecule has 8 aromatic rings. The molecule has 8 nitrogen and oxygen atoms in total. The van der Waals surface area contributed by atoms with Crippen LogP contribution < -0.4 is 0 Å². The van der Waals surface area contributed by atoms with E-state index in [1.807, 2.05) is 73.3 Å². The van der Waals surface area contributed by atoms with Crippen LogP contribution in [0, 0.1) is 0 Å². The quantitative estimate of drug-likeness (QED) is 0.216. The van der Waals surface area contributed by atoms with E-state index in [1.165, 1.54) is 0 Å². The number of rotatable bonds is 4. The van der Waals surface area contributed by atoms with Crippen molar-refractivity contribution in [1.82, 2.24) is 36.9 Å². The average Bonchev–Trinajstić information content (AvgIpc) is 3.76. The molecule has 0 bridgehead atoms. The average molecular weight is 532 g/mol. The van der Waals surface area contributed by atoms with Gasteiger partial charge in [-0.3, -0.25) is 0 Å². The second kappa shape index (κ2) is 7.41. The number of pyridine rings is 4. The van der Waals surface area contributed by atoms with Crippen molar-refractivity contribution in [2.45, 2.75) is 0 Å². The molecule has 0 aliphatic carbocycles. The number of hydrogen-bond donors (Lipinski definition) is 0. The molecule has 0 aromatic carbocycles. The molecule has 0 fully saturated rings. The first-order valence-corrected chi connectivity index (χ1v) is 15.5. The van der Waals surface area contributed by atoms with Crippen molar-refractivity contribution in [2.24, 2.45) is 0 Å². The normalized spacial score (nSPS) is 13.4. The molecule has 8 aromatic heterocycles. The van der Waals surface area contributed by atoms with Crippen molar-refractivity contribution < 1.29 is 0 Å². The molecule has 10 heteroatoms. The predicted molar refractivity (Wildman–Crippen MR) is 152 cm³/mol. The molecule has 0 atom stereocenters. The molecular weight excluding hydrogens is 512 g/mol. The molecule has 0 radical (unpaired) electrons. The Hall–Kier alpha value is -4.73. The van der Waals surface area contributed by atoms with Crippen LogP contribution in [0.3, 0.4) is 0 Å². The van der Waals surface area contributed by atoms with E-state index in [4.69, 9.17) is 31.0 Å². The first-order chi connectivity index (χ1) is 18.7. The SMILES string of the molecule is Cl[Si-](n1ccc2cccnc21)(n1ccc2cccnc21)(n1ccc2cccnc21)n1ccc2cccnc21. The van der Waals surface area contributed by atoms with E-state index in [0.717, 1.165) is 44.1 Å². The van der Waals surface area contributed by atoms with Gasteiger partial charge in [-0.2, -0.15) is 0 Å². The fourth-order valence-corrected chi connectivity index (χ4v) is 12.4. The summed E-state index contributed by atoms with van der Waals surface area (Å²) in [5, 5.41) is 3.91. The van der Waals surface area contributed by atoms with Gasteiger partial charge < -0.3 is 0 Å². The van der Waals surface area contributed by atoms with Crippen molar-refractivity contribution in [1.29, 1.82) is 0 Å². The molecule has 38 heavy (non-hydrogen) atoms. The summed E-state index contributed by atoms with van der Waals surface area (Å²) >= 11 is 8.63. The summed E-state index contributed by atoms with van der Waals surface area (Å²) in [4.78, 5) is 19.4. The van der Waals surface area contributed by atoms with E-state index in [0.29, 0.717) is 0 Å². The second-order valence-corrected chi connectivity index (χ2v) is 15.2. The van der Waals surface area contributed by atoms with Gasteiger partial charge in [-0.25, -0.2) is 0 Å². The van der Waals surface area contributed by atoms with Crippen LogP contribution in [0.2, 0.25) is 0 Å². The summed E-state index contributed by atoms with van der Waals surface area (Å²) in [5.74, 6) is 0. The minimum atomic E-state index is -4.79. The van der Waals surface area contributed by atoms with Crippen LogP contribution in [0.25, 0.3) is 44.1 Å². The van der Waals surface area contributed by atoms with Gasteiger partial charge >= 0.3 is 222 Å². The summed E-state index contributed by atoms with van der Waals surface area (Å²) in [5.41, 5.74) is 3.02. The Morgan fingerprint density at radius 2 is 0.684 bits per heavy atom. The van der Waals surface area contributed by atoms with Gasteiger partial charge in [0.05, 0.1) is 0 Å². The topological polar surface area (TPSA) is 71.3 Å². The molecule has 184 valence electrons. The van der Waals surface area contributed by atoms with Crippen LogP contribution in [-0.4, -0.2) is 44.2 Å². The molecule has 0 unspecified atom stereocenters.